The molecule has 0 bridgehead atoms. The first-order valence-corrected chi connectivity index (χ1v) is 4.98. The average Bonchev–Trinajstić information content (AvgIpc) is 2.18. The highest BCUT2D eigenvalue weighted by Gasteiger charge is 2.11. The molecule has 3 heteroatoms. The van der Waals surface area contributed by atoms with Crippen LogP contribution in [0.25, 0.3) is 0 Å². The lowest BCUT2D eigenvalue weighted by Crippen LogP contribution is -2.19. The summed E-state index contributed by atoms with van der Waals surface area (Å²) in [4.78, 5) is 11.7. The minimum atomic E-state index is -1.04. The SMILES string of the molecule is CNCC(=O)c1cc(C(C)F)ccc1C. The second-order valence-electron chi connectivity index (χ2n) is 3.64. The molecule has 0 heterocycles. The lowest BCUT2D eigenvalue weighted by atomic mass is 10.00. The molecule has 15 heavy (non-hydrogen) atoms. The van der Waals surface area contributed by atoms with Gasteiger partial charge in [-0.2, -0.15) is 0 Å². The maximum absolute atomic E-state index is 13.1. The Labute approximate surface area is 89.5 Å². The van der Waals surface area contributed by atoms with E-state index in [0.717, 1.165) is 5.56 Å². The fourth-order valence-electron chi connectivity index (χ4n) is 1.44. The molecular weight excluding hydrogens is 193 g/mol. The van der Waals surface area contributed by atoms with Gasteiger partial charge in [-0.25, -0.2) is 4.39 Å². The van der Waals surface area contributed by atoms with E-state index >= 15 is 0 Å². The lowest BCUT2D eigenvalue weighted by molar-refractivity contribution is 0.0993. The number of aryl methyl sites for hydroxylation is 1. The van der Waals surface area contributed by atoms with Crippen LogP contribution < -0.4 is 5.32 Å². The first-order valence-electron chi connectivity index (χ1n) is 4.98. The van der Waals surface area contributed by atoms with Gasteiger partial charge >= 0.3 is 0 Å². The van der Waals surface area contributed by atoms with Gasteiger partial charge in [0.2, 0.25) is 0 Å². The lowest BCUT2D eigenvalue weighted by Gasteiger charge is -2.08. The van der Waals surface area contributed by atoms with Crippen molar-refractivity contribution in [3.63, 3.8) is 0 Å². The number of rotatable bonds is 4. The highest BCUT2D eigenvalue weighted by atomic mass is 19.1. The maximum Gasteiger partial charge on any atom is 0.176 e. The molecule has 0 spiro atoms. The Morgan fingerprint density at radius 2 is 2.20 bits per heavy atom. The highest BCUT2D eigenvalue weighted by molar-refractivity contribution is 5.99. The number of carbonyl (C=O) groups is 1. The Hall–Kier alpha value is -1.22. The smallest absolute Gasteiger partial charge is 0.176 e. The monoisotopic (exact) mass is 209 g/mol. The number of hydrogen-bond acceptors (Lipinski definition) is 2. The molecule has 1 aromatic rings. The van der Waals surface area contributed by atoms with Crippen molar-refractivity contribution < 1.29 is 9.18 Å². The van der Waals surface area contributed by atoms with Crippen molar-refractivity contribution >= 4 is 5.78 Å². The summed E-state index contributed by atoms with van der Waals surface area (Å²) in [6, 6.07) is 5.14. The third kappa shape index (κ3) is 2.86. The number of hydrogen-bond donors (Lipinski definition) is 1. The van der Waals surface area contributed by atoms with Crippen LogP contribution in [0.1, 0.15) is 34.6 Å². The molecule has 1 aromatic carbocycles. The molecule has 0 saturated carbocycles. The molecule has 0 aliphatic carbocycles. The summed E-state index contributed by atoms with van der Waals surface area (Å²) in [7, 11) is 1.72. The van der Waals surface area contributed by atoms with Crippen molar-refractivity contribution in [2.45, 2.75) is 20.0 Å². The van der Waals surface area contributed by atoms with Crippen molar-refractivity contribution in [3.05, 3.63) is 34.9 Å². The summed E-state index contributed by atoms with van der Waals surface area (Å²) >= 11 is 0. The average molecular weight is 209 g/mol. The third-order valence-electron chi connectivity index (χ3n) is 2.36. The molecule has 0 radical (unpaired) electrons. The molecule has 0 saturated heterocycles. The van der Waals surface area contributed by atoms with Gasteiger partial charge in [0.15, 0.2) is 5.78 Å². The van der Waals surface area contributed by atoms with Gasteiger partial charge in [-0.1, -0.05) is 12.1 Å². The predicted molar refractivity (Wildman–Crippen MR) is 59.0 cm³/mol. The van der Waals surface area contributed by atoms with Crippen LogP contribution in [0, 0.1) is 6.92 Å². The molecule has 0 aliphatic rings. The molecule has 1 rings (SSSR count). The van der Waals surface area contributed by atoms with E-state index < -0.39 is 6.17 Å². The normalized spacial score (nSPS) is 12.5. The molecule has 0 amide bonds. The fraction of sp³-hybridized carbons (Fsp3) is 0.417. The van der Waals surface area contributed by atoms with Crippen LogP contribution >= 0.6 is 0 Å². The van der Waals surface area contributed by atoms with Gasteiger partial charge in [0.1, 0.15) is 6.17 Å². The zero-order valence-electron chi connectivity index (χ0n) is 9.30. The van der Waals surface area contributed by atoms with E-state index in [4.69, 9.17) is 0 Å². The Kier molecular flexibility index (Phi) is 3.97. The van der Waals surface area contributed by atoms with E-state index in [1.54, 1.807) is 25.2 Å². The number of halogens is 1. The topological polar surface area (TPSA) is 29.1 Å². The Bertz CT molecular complexity index is 361. The number of alkyl halides is 1. The number of nitrogens with one attached hydrogen (secondary N) is 1. The predicted octanol–water partition coefficient (Wildman–Crippen LogP) is 2.43. The molecule has 1 unspecified atom stereocenters. The van der Waals surface area contributed by atoms with E-state index in [1.807, 2.05) is 6.92 Å². The number of Topliss-reactive ketones (excluding diaryl/α,β-unsaturated/α-hetero) is 1. The van der Waals surface area contributed by atoms with Gasteiger partial charge in [-0.05, 0) is 38.1 Å². The number of likely N-dealkylation sites (N-methyl/N-ethyl adjacent to an activating group) is 1. The van der Waals surface area contributed by atoms with E-state index in [1.165, 1.54) is 6.92 Å². The van der Waals surface area contributed by atoms with Crippen LogP contribution in [-0.4, -0.2) is 19.4 Å². The molecule has 2 nitrogen and oxygen atoms in total. The summed E-state index contributed by atoms with van der Waals surface area (Å²) in [5.41, 5.74) is 2.05. The molecule has 0 aliphatic heterocycles. The quantitative estimate of drug-likeness (QED) is 0.772. The van der Waals surface area contributed by atoms with Crippen molar-refractivity contribution in [2.75, 3.05) is 13.6 Å². The minimum Gasteiger partial charge on any atom is -0.313 e. The van der Waals surface area contributed by atoms with Crippen LogP contribution in [0.4, 0.5) is 4.39 Å². The van der Waals surface area contributed by atoms with Gasteiger partial charge in [-0.15, -0.1) is 0 Å². The second-order valence-corrected chi connectivity index (χ2v) is 3.64. The first-order chi connectivity index (χ1) is 7.06. The standard InChI is InChI=1S/C12H16FNO/c1-8-4-5-10(9(2)13)6-11(8)12(15)7-14-3/h4-6,9,14H,7H2,1-3H3. The van der Waals surface area contributed by atoms with E-state index in [-0.39, 0.29) is 12.3 Å². The van der Waals surface area contributed by atoms with Crippen LogP contribution in [0.3, 0.4) is 0 Å². The Morgan fingerprint density at radius 1 is 1.53 bits per heavy atom. The van der Waals surface area contributed by atoms with Gasteiger partial charge in [-0.3, -0.25) is 4.79 Å². The molecule has 1 atom stereocenters. The van der Waals surface area contributed by atoms with Gasteiger partial charge in [0.25, 0.3) is 0 Å². The fourth-order valence-corrected chi connectivity index (χ4v) is 1.44. The summed E-state index contributed by atoms with van der Waals surface area (Å²) in [6.07, 6.45) is -1.04. The van der Waals surface area contributed by atoms with Crippen molar-refractivity contribution in [1.29, 1.82) is 0 Å². The third-order valence-corrected chi connectivity index (χ3v) is 2.36. The van der Waals surface area contributed by atoms with Gasteiger partial charge < -0.3 is 5.32 Å². The number of carbonyl (C=O) groups excluding carboxylic acids is 1. The molecule has 0 aromatic heterocycles. The zero-order valence-corrected chi connectivity index (χ0v) is 9.30. The Morgan fingerprint density at radius 3 is 2.73 bits per heavy atom. The maximum atomic E-state index is 13.1. The van der Waals surface area contributed by atoms with E-state index in [9.17, 15) is 9.18 Å². The molecule has 1 N–H and O–H groups in total. The van der Waals surface area contributed by atoms with Crippen LogP contribution in [0.2, 0.25) is 0 Å². The van der Waals surface area contributed by atoms with Crippen LogP contribution in [0.15, 0.2) is 18.2 Å². The number of benzene rings is 1. The molecule has 0 fully saturated rings. The van der Waals surface area contributed by atoms with Crippen LogP contribution in [0.5, 0.6) is 0 Å². The summed E-state index contributed by atoms with van der Waals surface area (Å²) in [5.74, 6) is -0.00231. The van der Waals surface area contributed by atoms with Crippen molar-refractivity contribution in [1.82, 2.24) is 5.32 Å². The molecule has 82 valence electrons. The Balaban J connectivity index is 3.05. The van der Waals surface area contributed by atoms with Gasteiger partial charge in [0.05, 0.1) is 6.54 Å². The van der Waals surface area contributed by atoms with Gasteiger partial charge in [0, 0.05) is 5.56 Å². The minimum absolute atomic E-state index is 0.00231. The summed E-state index contributed by atoms with van der Waals surface area (Å²) < 4.78 is 13.1. The van der Waals surface area contributed by atoms with Crippen molar-refractivity contribution in [2.24, 2.45) is 0 Å². The van der Waals surface area contributed by atoms with Crippen LogP contribution in [-0.2, 0) is 0 Å². The zero-order chi connectivity index (χ0) is 11.4. The highest BCUT2D eigenvalue weighted by Crippen LogP contribution is 2.20. The number of ketones is 1. The van der Waals surface area contributed by atoms with Crippen molar-refractivity contribution in [3.8, 4) is 0 Å². The van der Waals surface area contributed by atoms with E-state index in [2.05, 4.69) is 5.32 Å². The first kappa shape index (κ1) is 11.9. The summed E-state index contributed by atoms with van der Waals surface area (Å²) in [6.45, 7) is 3.61. The molecular formula is C12H16FNO. The van der Waals surface area contributed by atoms with E-state index in [0.29, 0.717) is 11.1 Å². The largest absolute Gasteiger partial charge is 0.313 e. The summed E-state index contributed by atoms with van der Waals surface area (Å²) in [5, 5.41) is 2.80. The second kappa shape index (κ2) is 5.03.